The van der Waals surface area contributed by atoms with E-state index in [-0.39, 0.29) is 6.04 Å². The van der Waals surface area contributed by atoms with E-state index in [0.29, 0.717) is 0 Å². The molecule has 0 spiro atoms. The van der Waals surface area contributed by atoms with Crippen molar-refractivity contribution in [3.8, 4) is 0 Å². The van der Waals surface area contributed by atoms with Crippen LogP contribution in [-0.4, -0.2) is 4.98 Å². The maximum absolute atomic E-state index is 5.87. The Hall–Kier alpha value is -1.41. The van der Waals surface area contributed by atoms with Crippen molar-refractivity contribution in [1.82, 2.24) is 4.98 Å². The maximum Gasteiger partial charge on any atom is 0.0646 e. The standard InChI is InChI=1S/C12H14N2/c1-9(13)12-11-6-4-2-3-5-10(11)7-8-14-12/h3-9H,2,13H2,1H3. The minimum Gasteiger partial charge on any atom is -0.323 e. The maximum atomic E-state index is 5.87. The molecule has 0 fully saturated rings. The molecule has 2 heteroatoms. The number of allylic oxidation sites excluding steroid dienone is 2. The second-order valence-corrected chi connectivity index (χ2v) is 3.53. The van der Waals surface area contributed by atoms with Crippen molar-refractivity contribution in [3.05, 3.63) is 41.2 Å². The molecule has 1 atom stereocenters. The van der Waals surface area contributed by atoms with E-state index >= 15 is 0 Å². The van der Waals surface area contributed by atoms with Crippen LogP contribution in [0.4, 0.5) is 0 Å². The molecule has 0 saturated carbocycles. The van der Waals surface area contributed by atoms with Crippen LogP contribution in [0.5, 0.6) is 0 Å². The van der Waals surface area contributed by atoms with E-state index in [9.17, 15) is 0 Å². The molecule has 0 saturated heterocycles. The number of rotatable bonds is 1. The number of pyridine rings is 1. The number of nitrogens with two attached hydrogens (primary N) is 1. The van der Waals surface area contributed by atoms with Gasteiger partial charge >= 0.3 is 0 Å². The summed E-state index contributed by atoms with van der Waals surface area (Å²) in [6, 6.07) is 2.01. The molecule has 0 bridgehead atoms. The summed E-state index contributed by atoms with van der Waals surface area (Å²) in [7, 11) is 0. The van der Waals surface area contributed by atoms with Gasteiger partial charge in [-0.15, -0.1) is 0 Å². The number of nitrogens with zero attached hydrogens (tertiary/aromatic N) is 1. The average molecular weight is 186 g/mol. The quantitative estimate of drug-likeness (QED) is 0.732. The Kier molecular flexibility index (Phi) is 2.46. The topological polar surface area (TPSA) is 38.9 Å². The summed E-state index contributed by atoms with van der Waals surface area (Å²) in [4.78, 5) is 4.32. The Morgan fingerprint density at radius 1 is 1.36 bits per heavy atom. The molecule has 1 aromatic heterocycles. The lowest BCUT2D eigenvalue weighted by Crippen LogP contribution is -2.09. The highest BCUT2D eigenvalue weighted by molar-refractivity contribution is 5.68. The SMILES string of the molecule is CC(N)c1nccc2c1C=CCC=C2. The zero-order chi connectivity index (χ0) is 9.97. The Labute approximate surface area is 84.2 Å². The summed E-state index contributed by atoms with van der Waals surface area (Å²) in [5.41, 5.74) is 9.22. The first kappa shape index (κ1) is 9.16. The van der Waals surface area contributed by atoms with Gasteiger partial charge in [-0.05, 0) is 25.0 Å². The number of aromatic nitrogens is 1. The van der Waals surface area contributed by atoms with Crippen LogP contribution in [0.25, 0.3) is 12.2 Å². The largest absolute Gasteiger partial charge is 0.323 e. The molecule has 72 valence electrons. The lowest BCUT2D eigenvalue weighted by molar-refractivity contribution is 0.778. The normalized spacial score (nSPS) is 16.1. The van der Waals surface area contributed by atoms with Gasteiger partial charge < -0.3 is 5.73 Å². The van der Waals surface area contributed by atoms with Gasteiger partial charge in [0, 0.05) is 17.8 Å². The Bertz CT molecular complexity index is 389. The molecule has 0 aliphatic heterocycles. The predicted molar refractivity (Wildman–Crippen MR) is 59.5 cm³/mol. The molecule has 1 aromatic rings. The van der Waals surface area contributed by atoms with Crippen LogP contribution < -0.4 is 5.73 Å². The molecule has 1 heterocycles. The van der Waals surface area contributed by atoms with E-state index < -0.39 is 0 Å². The van der Waals surface area contributed by atoms with Gasteiger partial charge in [0.05, 0.1) is 5.69 Å². The number of hydrogen-bond donors (Lipinski definition) is 1. The molecule has 2 N–H and O–H groups in total. The zero-order valence-electron chi connectivity index (χ0n) is 8.27. The molecule has 1 aliphatic rings. The van der Waals surface area contributed by atoms with Crippen LogP contribution in [0.1, 0.15) is 36.2 Å². The Morgan fingerprint density at radius 2 is 2.14 bits per heavy atom. The van der Waals surface area contributed by atoms with E-state index in [1.807, 2.05) is 19.2 Å². The minimum absolute atomic E-state index is 0.0129. The van der Waals surface area contributed by atoms with Crippen molar-refractivity contribution < 1.29 is 0 Å². The van der Waals surface area contributed by atoms with E-state index in [0.717, 1.165) is 17.7 Å². The smallest absolute Gasteiger partial charge is 0.0646 e. The molecule has 1 aliphatic carbocycles. The first-order valence-corrected chi connectivity index (χ1v) is 4.86. The first-order chi connectivity index (χ1) is 6.79. The van der Waals surface area contributed by atoms with Crippen LogP contribution in [0, 0.1) is 0 Å². The van der Waals surface area contributed by atoms with Crippen LogP contribution in [-0.2, 0) is 0 Å². The summed E-state index contributed by atoms with van der Waals surface area (Å²) >= 11 is 0. The number of hydrogen-bond acceptors (Lipinski definition) is 2. The van der Waals surface area contributed by atoms with Crippen LogP contribution in [0.2, 0.25) is 0 Å². The second kappa shape index (κ2) is 3.76. The third-order valence-corrected chi connectivity index (χ3v) is 2.34. The second-order valence-electron chi connectivity index (χ2n) is 3.53. The summed E-state index contributed by atoms with van der Waals surface area (Å²) in [6.45, 7) is 1.96. The van der Waals surface area contributed by atoms with Gasteiger partial charge in [-0.2, -0.15) is 0 Å². The van der Waals surface area contributed by atoms with Crippen molar-refractivity contribution in [1.29, 1.82) is 0 Å². The van der Waals surface area contributed by atoms with Crippen molar-refractivity contribution in [3.63, 3.8) is 0 Å². The molecular formula is C12H14N2. The van der Waals surface area contributed by atoms with E-state index in [4.69, 9.17) is 5.73 Å². The third kappa shape index (κ3) is 1.61. The van der Waals surface area contributed by atoms with Crippen molar-refractivity contribution in [2.24, 2.45) is 5.73 Å². The highest BCUT2D eigenvalue weighted by Gasteiger charge is 2.09. The summed E-state index contributed by atoms with van der Waals surface area (Å²) in [6.07, 6.45) is 11.3. The van der Waals surface area contributed by atoms with Gasteiger partial charge in [0.25, 0.3) is 0 Å². The van der Waals surface area contributed by atoms with Crippen molar-refractivity contribution in [2.75, 3.05) is 0 Å². The molecule has 0 radical (unpaired) electrons. The van der Waals surface area contributed by atoms with Gasteiger partial charge in [0.1, 0.15) is 0 Å². The molecule has 0 aromatic carbocycles. The van der Waals surface area contributed by atoms with Crippen molar-refractivity contribution >= 4 is 12.2 Å². The number of fused-ring (bicyclic) bond motifs is 1. The molecule has 14 heavy (non-hydrogen) atoms. The lowest BCUT2D eigenvalue weighted by atomic mass is 10.0. The van der Waals surface area contributed by atoms with E-state index in [2.05, 4.69) is 29.3 Å². The third-order valence-electron chi connectivity index (χ3n) is 2.34. The van der Waals surface area contributed by atoms with Crippen molar-refractivity contribution in [2.45, 2.75) is 19.4 Å². The molecule has 2 rings (SSSR count). The summed E-state index contributed by atoms with van der Waals surface area (Å²) in [5, 5.41) is 0. The van der Waals surface area contributed by atoms with Gasteiger partial charge in [-0.25, -0.2) is 0 Å². The molecule has 0 amide bonds. The zero-order valence-corrected chi connectivity index (χ0v) is 8.27. The van der Waals surface area contributed by atoms with Gasteiger partial charge in [0.2, 0.25) is 0 Å². The van der Waals surface area contributed by atoms with E-state index in [1.165, 1.54) is 5.56 Å². The fraction of sp³-hybridized carbons (Fsp3) is 0.250. The fourth-order valence-electron chi connectivity index (χ4n) is 1.65. The highest BCUT2D eigenvalue weighted by Crippen LogP contribution is 2.22. The Morgan fingerprint density at radius 3 is 2.93 bits per heavy atom. The van der Waals surface area contributed by atoms with E-state index in [1.54, 1.807) is 0 Å². The lowest BCUT2D eigenvalue weighted by Gasteiger charge is -2.10. The highest BCUT2D eigenvalue weighted by atomic mass is 14.8. The Balaban J connectivity index is 2.60. The van der Waals surface area contributed by atoms with Gasteiger partial charge in [-0.3, -0.25) is 4.98 Å². The van der Waals surface area contributed by atoms with Gasteiger partial charge in [-0.1, -0.05) is 24.3 Å². The van der Waals surface area contributed by atoms with Crippen LogP contribution in [0.15, 0.2) is 24.4 Å². The first-order valence-electron chi connectivity index (χ1n) is 4.86. The summed E-state index contributed by atoms with van der Waals surface area (Å²) in [5.74, 6) is 0. The fourth-order valence-corrected chi connectivity index (χ4v) is 1.65. The molecular weight excluding hydrogens is 172 g/mol. The molecule has 1 unspecified atom stereocenters. The van der Waals surface area contributed by atoms with Crippen LogP contribution >= 0.6 is 0 Å². The minimum atomic E-state index is -0.0129. The summed E-state index contributed by atoms with van der Waals surface area (Å²) < 4.78 is 0. The monoisotopic (exact) mass is 186 g/mol. The van der Waals surface area contributed by atoms with Crippen LogP contribution in [0.3, 0.4) is 0 Å². The average Bonchev–Trinajstić information content (AvgIpc) is 2.41. The van der Waals surface area contributed by atoms with Gasteiger partial charge in [0.15, 0.2) is 0 Å². The molecule has 2 nitrogen and oxygen atoms in total. The predicted octanol–water partition coefficient (Wildman–Crippen LogP) is 2.53.